The maximum atomic E-state index is 9.22. The number of benzene rings is 1. The zero-order valence-electron chi connectivity index (χ0n) is 9.31. The van der Waals surface area contributed by atoms with Crippen molar-refractivity contribution in [3.05, 3.63) is 17.7 Å². The number of nitriles is 1. The van der Waals surface area contributed by atoms with E-state index >= 15 is 0 Å². The Balaban J connectivity index is 2.07. The normalized spacial score (nSPS) is 12.2. The Morgan fingerprint density at radius 3 is 2.82 bits per heavy atom. The van der Waals surface area contributed by atoms with Crippen molar-refractivity contribution in [1.82, 2.24) is 0 Å². The maximum absolute atomic E-state index is 9.22. The summed E-state index contributed by atoms with van der Waals surface area (Å²) in [5, 5.41) is 17.6. The van der Waals surface area contributed by atoms with Gasteiger partial charge in [0.25, 0.3) is 0 Å². The molecule has 5 nitrogen and oxygen atoms in total. The summed E-state index contributed by atoms with van der Waals surface area (Å²) in [6.45, 7) is 0.516. The number of aliphatic hydroxyl groups is 1. The van der Waals surface area contributed by atoms with Gasteiger partial charge in [-0.05, 0) is 12.5 Å². The Labute approximate surface area is 99.1 Å². The minimum atomic E-state index is -0.121. The van der Waals surface area contributed by atoms with Crippen LogP contribution in [0.5, 0.6) is 17.2 Å². The van der Waals surface area contributed by atoms with Crippen LogP contribution in [0.1, 0.15) is 18.4 Å². The third-order valence-corrected chi connectivity index (χ3v) is 2.42. The molecule has 0 spiro atoms. The molecule has 1 aliphatic heterocycles. The summed E-state index contributed by atoms with van der Waals surface area (Å²) in [4.78, 5) is 0. The van der Waals surface area contributed by atoms with Gasteiger partial charge in [-0.3, -0.25) is 0 Å². The summed E-state index contributed by atoms with van der Waals surface area (Å²) >= 11 is 0. The van der Waals surface area contributed by atoms with Crippen molar-refractivity contribution in [1.29, 1.82) is 5.26 Å². The van der Waals surface area contributed by atoms with E-state index in [1.165, 1.54) is 0 Å². The van der Waals surface area contributed by atoms with Crippen LogP contribution in [0.25, 0.3) is 0 Å². The first-order chi connectivity index (χ1) is 8.35. The smallest absolute Gasteiger partial charge is 0.231 e. The molecule has 1 heterocycles. The van der Waals surface area contributed by atoms with Gasteiger partial charge in [0.1, 0.15) is 5.75 Å². The monoisotopic (exact) mass is 235 g/mol. The van der Waals surface area contributed by atoms with Gasteiger partial charge in [-0.2, -0.15) is 5.26 Å². The molecule has 1 aliphatic rings. The molecule has 0 bridgehead atoms. The molecular weight excluding hydrogens is 222 g/mol. The molecule has 1 aromatic carbocycles. The van der Waals surface area contributed by atoms with Gasteiger partial charge in [-0.1, -0.05) is 0 Å². The molecule has 0 atom stereocenters. The average molecular weight is 235 g/mol. The highest BCUT2D eigenvalue weighted by atomic mass is 16.7. The van der Waals surface area contributed by atoms with Crippen molar-refractivity contribution in [2.45, 2.75) is 19.4 Å². The second-order valence-corrected chi connectivity index (χ2v) is 3.58. The molecule has 0 fully saturated rings. The van der Waals surface area contributed by atoms with Crippen LogP contribution in [0.15, 0.2) is 12.1 Å². The Morgan fingerprint density at radius 2 is 2.12 bits per heavy atom. The topological polar surface area (TPSA) is 71.7 Å². The predicted molar refractivity (Wildman–Crippen MR) is 58.8 cm³/mol. The van der Waals surface area contributed by atoms with Crippen LogP contribution in [0, 0.1) is 11.3 Å². The third kappa shape index (κ3) is 2.60. The number of hydrogen-bond acceptors (Lipinski definition) is 5. The molecule has 0 saturated heterocycles. The van der Waals surface area contributed by atoms with Crippen LogP contribution in [-0.2, 0) is 6.61 Å². The van der Waals surface area contributed by atoms with Crippen molar-refractivity contribution in [2.24, 2.45) is 0 Å². The van der Waals surface area contributed by atoms with E-state index < -0.39 is 0 Å². The average Bonchev–Trinajstić information content (AvgIpc) is 2.80. The van der Waals surface area contributed by atoms with Crippen LogP contribution in [0.3, 0.4) is 0 Å². The molecule has 0 radical (unpaired) electrons. The van der Waals surface area contributed by atoms with E-state index in [1.54, 1.807) is 12.1 Å². The lowest BCUT2D eigenvalue weighted by atomic mass is 10.2. The molecule has 17 heavy (non-hydrogen) atoms. The Kier molecular flexibility index (Phi) is 3.68. The van der Waals surface area contributed by atoms with Gasteiger partial charge in [-0.15, -0.1) is 0 Å². The number of fused-ring (bicyclic) bond motifs is 1. The highest BCUT2D eigenvalue weighted by molar-refractivity contribution is 5.51. The van der Waals surface area contributed by atoms with E-state index in [1.807, 2.05) is 0 Å². The van der Waals surface area contributed by atoms with Gasteiger partial charge in [0, 0.05) is 18.1 Å². The summed E-state index contributed by atoms with van der Waals surface area (Å²) in [7, 11) is 0. The van der Waals surface area contributed by atoms with Gasteiger partial charge in [0.2, 0.25) is 6.79 Å². The molecule has 90 valence electrons. The van der Waals surface area contributed by atoms with Crippen molar-refractivity contribution in [3.63, 3.8) is 0 Å². The molecule has 0 aromatic heterocycles. The highest BCUT2D eigenvalue weighted by Crippen LogP contribution is 2.38. The summed E-state index contributed by atoms with van der Waals surface area (Å²) in [5.41, 5.74) is 0.659. The summed E-state index contributed by atoms with van der Waals surface area (Å²) in [5.74, 6) is 1.82. The van der Waals surface area contributed by atoms with Gasteiger partial charge >= 0.3 is 0 Å². The Hall–Kier alpha value is -1.93. The van der Waals surface area contributed by atoms with Crippen molar-refractivity contribution < 1.29 is 19.3 Å². The zero-order chi connectivity index (χ0) is 12.1. The van der Waals surface area contributed by atoms with E-state index in [9.17, 15) is 5.11 Å². The van der Waals surface area contributed by atoms with Crippen LogP contribution >= 0.6 is 0 Å². The van der Waals surface area contributed by atoms with E-state index in [0.29, 0.717) is 42.3 Å². The van der Waals surface area contributed by atoms with Crippen LogP contribution in [0.2, 0.25) is 0 Å². The fourth-order valence-electron chi connectivity index (χ4n) is 1.56. The van der Waals surface area contributed by atoms with Crippen LogP contribution in [0.4, 0.5) is 0 Å². The van der Waals surface area contributed by atoms with Gasteiger partial charge < -0.3 is 19.3 Å². The number of unbranched alkanes of at least 4 members (excludes halogenated alkanes) is 1. The number of rotatable bonds is 5. The Morgan fingerprint density at radius 1 is 1.35 bits per heavy atom. The van der Waals surface area contributed by atoms with Crippen LogP contribution in [-0.4, -0.2) is 18.5 Å². The molecule has 0 aliphatic carbocycles. The first kappa shape index (κ1) is 11.6. The standard InChI is InChI=1S/C12H13NO4/c13-3-1-2-4-15-10-6-12-11(16-8-17-12)5-9(10)7-14/h5-6,14H,1-2,4,7-8H2. The van der Waals surface area contributed by atoms with Gasteiger partial charge in [0.15, 0.2) is 11.5 Å². The minimum absolute atomic E-state index is 0.121. The van der Waals surface area contributed by atoms with E-state index in [-0.39, 0.29) is 13.4 Å². The first-order valence-electron chi connectivity index (χ1n) is 5.38. The zero-order valence-corrected chi connectivity index (χ0v) is 9.31. The second-order valence-electron chi connectivity index (χ2n) is 3.58. The number of aliphatic hydroxyl groups excluding tert-OH is 1. The van der Waals surface area contributed by atoms with E-state index in [2.05, 4.69) is 6.07 Å². The van der Waals surface area contributed by atoms with E-state index in [0.717, 1.165) is 0 Å². The fraction of sp³-hybridized carbons (Fsp3) is 0.417. The molecule has 1 N–H and O–H groups in total. The lowest BCUT2D eigenvalue weighted by Gasteiger charge is -2.10. The summed E-state index contributed by atoms with van der Waals surface area (Å²) < 4.78 is 15.9. The van der Waals surface area contributed by atoms with Crippen molar-refractivity contribution in [3.8, 4) is 23.3 Å². The number of hydrogen-bond donors (Lipinski definition) is 1. The van der Waals surface area contributed by atoms with Crippen LogP contribution < -0.4 is 14.2 Å². The molecule has 5 heteroatoms. The van der Waals surface area contributed by atoms with Gasteiger partial charge in [0.05, 0.1) is 19.3 Å². The molecule has 0 saturated carbocycles. The lowest BCUT2D eigenvalue weighted by Crippen LogP contribution is -2.00. The largest absolute Gasteiger partial charge is 0.493 e. The van der Waals surface area contributed by atoms with Crippen molar-refractivity contribution >= 4 is 0 Å². The number of nitrogens with zero attached hydrogens (tertiary/aromatic N) is 1. The van der Waals surface area contributed by atoms with Crippen molar-refractivity contribution in [2.75, 3.05) is 13.4 Å². The molecular formula is C12H13NO4. The minimum Gasteiger partial charge on any atom is -0.493 e. The highest BCUT2D eigenvalue weighted by Gasteiger charge is 2.17. The quantitative estimate of drug-likeness (QED) is 0.784. The second kappa shape index (κ2) is 5.41. The van der Waals surface area contributed by atoms with Gasteiger partial charge in [-0.25, -0.2) is 0 Å². The fourth-order valence-corrected chi connectivity index (χ4v) is 1.56. The summed E-state index contributed by atoms with van der Waals surface area (Å²) in [6, 6.07) is 5.47. The molecule has 0 unspecified atom stereocenters. The predicted octanol–water partition coefficient (Wildman–Crippen LogP) is 1.59. The van der Waals surface area contributed by atoms with E-state index in [4.69, 9.17) is 19.5 Å². The lowest BCUT2D eigenvalue weighted by molar-refractivity contribution is 0.173. The SMILES string of the molecule is N#CCCCOc1cc2c(cc1CO)OCO2. The molecule has 0 amide bonds. The molecule has 2 rings (SSSR count). The summed E-state index contributed by atoms with van der Waals surface area (Å²) in [6.07, 6.45) is 1.12. The maximum Gasteiger partial charge on any atom is 0.231 e. The Bertz CT molecular complexity index is 439. The third-order valence-electron chi connectivity index (χ3n) is 2.42. The molecule has 1 aromatic rings. The number of ether oxygens (including phenoxy) is 3. The first-order valence-corrected chi connectivity index (χ1v) is 5.38.